The Bertz CT molecular complexity index is 101. The molecule has 1 unspecified atom stereocenters. The molecule has 0 aromatic carbocycles. The van der Waals surface area contributed by atoms with Crippen LogP contribution in [0.15, 0.2) is 0 Å². The number of halogens is 2. The molecule has 3 nitrogen and oxygen atoms in total. The van der Waals surface area contributed by atoms with Crippen LogP contribution in [0.5, 0.6) is 0 Å². The number of hydrogen-bond acceptors (Lipinski definition) is 3. The lowest BCUT2D eigenvalue weighted by Crippen LogP contribution is -2.35. The third kappa shape index (κ3) is 1.57. The van der Waals surface area contributed by atoms with Crippen LogP contribution in [0.4, 0.5) is 8.78 Å². The quantitative estimate of drug-likeness (QED) is 0.515. The van der Waals surface area contributed by atoms with Crippen LogP contribution in [0.2, 0.25) is 0 Å². The van der Waals surface area contributed by atoms with Gasteiger partial charge in [0.2, 0.25) is 6.41 Å². The fraction of sp³-hybridized carbons (Fsp3) is 1.00. The molecule has 2 atom stereocenters. The van der Waals surface area contributed by atoms with Gasteiger partial charge in [0, 0.05) is 0 Å². The maximum absolute atomic E-state index is 11.7. The van der Waals surface area contributed by atoms with Crippen molar-refractivity contribution < 1.29 is 18.6 Å². The number of rotatable bonds is 1. The highest BCUT2D eigenvalue weighted by Gasteiger charge is 2.29. The Morgan fingerprint density at radius 1 is 1.67 bits per heavy atom. The Kier molecular flexibility index (Phi) is 1.94. The van der Waals surface area contributed by atoms with Gasteiger partial charge in [0.05, 0.1) is 12.6 Å². The van der Waals surface area contributed by atoms with Gasteiger partial charge in [-0.2, -0.15) is 0 Å². The summed E-state index contributed by atoms with van der Waals surface area (Å²) in [4.78, 5) is 0. The predicted molar refractivity (Wildman–Crippen MR) is 24.9 cm³/mol. The lowest BCUT2D eigenvalue weighted by molar-refractivity contribution is -0.0719. The molecular weight excluding hydrogens is 132 g/mol. The van der Waals surface area contributed by atoms with Gasteiger partial charge in [-0.3, -0.25) is 5.32 Å². The van der Waals surface area contributed by atoms with E-state index in [0.29, 0.717) is 0 Å². The molecule has 1 heterocycles. The maximum Gasteiger partial charge on any atom is 0.256 e. The first kappa shape index (κ1) is 6.85. The molecule has 2 N–H and O–H groups in total. The van der Waals surface area contributed by atoms with E-state index in [9.17, 15) is 8.78 Å². The predicted octanol–water partition coefficient (Wildman–Crippen LogP) is -0.484. The topological polar surface area (TPSA) is 41.5 Å². The van der Waals surface area contributed by atoms with E-state index < -0.39 is 18.9 Å². The van der Waals surface area contributed by atoms with E-state index in [-0.39, 0.29) is 6.61 Å². The minimum Gasteiger partial charge on any atom is -0.356 e. The van der Waals surface area contributed by atoms with Gasteiger partial charge >= 0.3 is 0 Å². The van der Waals surface area contributed by atoms with Crippen LogP contribution >= 0.6 is 0 Å². The number of hydrogen-bond donors (Lipinski definition) is 2. The molecule has 54 valence electrons. The Morgan fingerprint density at radius 3 is 2.56 bits per heavy atom. The number of ether oxygens (including phenoxy) is 1. The molecule has 1 rings (SSSR count). The average molecular weight is 139 g/mol. The second kappa shape index (κ2) is 2.55. The molecule has 9 heavy (non-hydrogen) atoms. The SMILES string of the molecule is OC1N[C@H](C(F)F)CO1. The van der Waals surface area contributed by atoms with Gasteiger partial charge in [0.25, 0.3) is 6.43 Å². The third-order valence-corrected chi connectivity index (χ3v) is 1.09. The molecule has 0 amide bonds. The summed E-state index contributed by atoms with van der Waals surface area (Å²) >= 11 is 0. The van der Waals surface area contributed by atoms with Crippen molar-refractivity contribution in [1.29, 1.82) is 0 Å². The smallest absolute Gasteiger partial charge is 0.256 e. The standard InChI is InChI=1S/C4H7F2NO2/c5-3(6)2-1-9-4(8)7-2/h2-4,7-8H,1H2/t2-,4?/m0/s1. The first-order valence-corrected chi connectivity index (χ1v) is 2.54. The van der Waals surface area contributed by atoms with E-state index in [1.165, 1.54) is 0 Å². The first-order valence-electron chi connectivity index (χ1n) is 2.54. The van der Waals surface area contributed by atoms with Crippen LogP contribution in [0.1, 0.15) is 0 Å². The second-order valence-corrected chi connectivity index (χ2v) is 1.79. The summed E-state index contributed by atoms with van der Waals surface area (Å²) in [6, 6.07) is -1.01. The lowest BCUT2D eigenvalue weighted by Gasteiger charge is -2.04. The molecule has 0 radical (unpaired) electrons. The van der Waals surface area contributed by atoms with Gasteiger partial charge in [0.15, 0.2) is 0 Å². The van der Waals surface area contributed by atoms with Crippen molar-refractivity contribution in [2.24, 2.45) is 0 Å². The molecule has 0 aromatic rings. The zero-order valence-electron chi connectivity index (χ0n) is 4.55. The molecule has 0 bridgehead atoms. The summed E-state index contributed by atoms with van der Waals surface area (Å²) in [6.45, 7) is -0.126. The summed E-state index contributed by atoms with van der Waals surface area (Å²) in [7, 11) is 0. The lowest BCUT2D eigenvalue weighted by atomic mass is 10.3. The highest BCUT2D eigenvalue weighted by molar-refractivity contribution is 4.72. The first-order chi connectivity index (χ1) is 4.20. The van der Waals surface area contributed by atoms with Gasteiger partial charge in [-0.05, 0) is 0 Å². The zero-order chi connectivity index (χ0) is 6.85. The highest BCUT2D eigenvalue weighted by Crippen LogP contribution is 2.08. The monoisotopic (exact) mass is 139 g/mol. The third-order valence-electron chi connectivity index (χ3n) is 1.09. The van der Waals surface area contributed by atoms with Gasteiger partial charge in [-0.15, -0.1) is 0 Å². The van der Waals surface area contributed by atoms with Gasteiger partial charge in [-0.1, -0.05) is 0 Å². The number of alkyl halides is 2. The molecule has 0 spiro atoms. The molecule has 5 heteroatoms. The second-order valence-electron chi connectivity index (χ2n) is 1.79. The van der Waals surface area contributed by atoms with Crippen LogP contribution in [0, 0.1) is 0 Å². The van der Waals surface area contributed by atoms with Crippen molar-refractivity contribution in [3.05, 3.63) is 0 Å². The van der Waals surface area contributed by atoms with E-state index in [0.717, 1.165) is 0 Å². The summed E-state index contributed by atoms with van der Waals surface area (Å²) in [6.07, 6.45) is -3.69. The zero-order valence-corrected chi connectivity index (χ0v) is 4.55. The van der Waals surface area contributed by atoms with Crippen LogP contribution < -0.4 is 5.32 Å². The largest absolute Gasteiger partial charge is 0.356 e. The average Bonchev–Trinajstić information content (AvgIpc) is 2.14. The van der Waals surface area contributed by atoms with Crippen molar-refractivity contribution in [1.82, 2.24) is 5.32 Å². The number of nitrogens with one attached hydrogen (secondary N) is 1. The van der Waals surface area contributed by atoms with Crippen LogP contribution in [0.25, 0.3) is 0 Å². The van der Waals surface area contributed by atoms with E-state index in [1.807, 2.05) is 0 Å². The van der Waals surface area contributed by atoms with Gasteiger partial charge in [0.1, 0.15) is 0 Å². The Labute approximate surface area is 50.6 Å². The molecule has 0 saturated carbocycles. The highest BCUT2D eigenvalue weighted by atomic mass is 19.3. The molecule has 1 fully saturated rings. The van der Waals surface area contributed by atoms with Crippen molar-refractivity contribution in [2.75, 3.05) is 6.61 Å². The summed E-state index contributed by atoms with van der Waals surface area (Å²) in [5.74, 6) is 0. The maximum atomic E-state index is 11.7. The summed E-state index contributed by atoms with van der Waals surface area (Å²) in [5.41, 5.74) is 0. The van der Waals surface area contributed by atoms with E-state index in [2.05, 4.69) is 10.1 Å². The van der Waals surface area contributed by atoms with E-state index in [1.54, 1.807) is 0 Å². The molecule has 1 aliphatic heterocycles. The summed E-state index contributed by atoms with van der Waals surface area (Å²) in [5, 5.41) is 10.6. The normalized spacial score (nSPS) is 36.0. The molecule has 0 aromatic heterocycles. The van der Waals surface area contributed by atoms with Gasteiger partial charge < -0.3 is 9.84 Å². The van der Waals surface area contributed by atoms with E-state index in [4.69, 9.17) is 5.11 Å². The van der Waals surface area contributed by atoms with Crippen LogP contribution in [0.3, 0.4) is 0 Å². The number of aliphatic hydroxyl groups excluding tert-OH is 1. The van der Waals surface area contributed by atoms with Crippen molar-refractivity contribution in [3.63, 3.8) is 0 Å². The fourth-order valence-corrected chi connectivity index (χ4v) is 0.620. The van der Waals surface area contributed by atoms with Crippen LogP contribution in [-0.2, 0) is 4.74 Å². The van der Waals surface area contributed by atoms with Gasteiger partial charge in [-0.25, -0.2) is 8.78 Å². The van der Waals surface area contributed by atoms with Crippen LogP contribution in [-0.4, -0.2) is 30.6 Å². The molecule has 1 saturated heterocycles. The molecule has 0 aliphatic carbocycles. The Morgan fingerprint density at radius 2 is 2.33 bits per heavy atom. The molecular formula is C4H7F2NO2. The van der Waals surface area contributed by atoms with Crippen molar-refractivity contribution >= 4 is 0 Å². The summed E-state index contributed by atoms with van der Waals surface area (Å²) < 4.78 is 27.7. The van der Waals surface area contributed by atoms with Crippen molar-refractivity contribution in [2.45, 2.75) is 18.9 Å². The Hall–Kier alpha value is -0.260. The Balaban J connectivity index is 2.30. The minimum atomic E-state index is -2.47. The fourth-order valence-electron chi connectivity index (χ4n) is 0.620. The molecule has 1 aliphatic rings. The minimum absolute atomic E-state index is 0.126. The number of aliphatic hydroxyl groups is 1. The van der Waals surface area contributed by atoms with Crippen molar-refractivity contribution in [3.8, 4) is 0 Å². The van der Waals surface area contributed by atoms with E-state index >= 15 is 0 Å².